The van der Waals surface area contributed by atoms with E-state index in [1.165, 1.54) is 12.1 Å². The Morgan fingerprint density at radius 3 is 2.73 bits per heavy atom. The molecule has 1 atom stereocenters. The molecule has 1 aromatic carbocycles. The summed E-state index contributed by atoms with van der Waals surface area (Å²) in [5.41, 5.74) is 2.65. The molecule has 2 aliphatic rings. The van der Waals surface area contributed by atoms with Crippen molar-refractivity contribution in [1.82, 2.24) is 15.0 Å². The molecule has 4 heterocycles. The Bertz CT molecular complexity index is 1080. The lowest BCUT2D eigenvalue weighted by Crippen LogP contribution is -2.43. The molecule has 8 heteroatoms. The van der Waals surface area contributed by atoms with E-state index in [0.717, 1.165) is 12.8 Å². The largest absolute Gasteiger partial charge is 0.350 e. The Morgan fingerprint density at radius 2 is 1.97 bits per heavy atom. The first-order valence-corrected chi connectivity index (χ1v) is 10.2. The van der Waals surface area contributed by atoms with Crippen LogP contribution >= 0.6 is 0 Å². The number of fused-ring (bicyclic) bond motifs is 1. The lowest BCUT2D eigenvalue weighted by molar-refractivity contribution is -0.0969. The van der Waals surface area contributed by atoms with E-state index in [4.69, 9.17) is 14.0 Å². The van der Waals surface area contributed by atoms with E-state index in [1.807, 2.05) is 4.90 Å². The number of hydrogen-bond acceptors (Lipinski definition) is 6. The predicted molar refractivity (Wildman–Crippen MR) is 106 cm³/mol. The van der Waals surface area contributed by atoms with Gasteiger partial charge in [-0.15, -0.1) is 0 Å². The second-order valence-electron chi connectivity index (χ2n) is 7.77. The number of halogens is 1. The summed E-state index contributed by atoms with van der Waals surface area (Å²) in [7, 11) is 0. The second-order valence-corrected chi connectivity index (χ2v) is 7.77. The van der Waals surface area contributed by atoms with Crippen molar-refractivity contribution in [3.63, 3.8) is 0 Å². The fourth-order valence-electron chi connectivity index (χ4n) is 4.27. The van der Waals surface area contributed by atoms with E-state index < -0.39 is 0 Å². The zero-order valence-electron chi connectivity index (χ0n) is 16.6. The summed E-state index contributed by atoms with van der Waals surface area (Å²) in [4.78, 5) is 19.9. The maximum absolute atomic E-state index is 13.5. The van der Waals surface area contributed by atoms with Gasteiger partial charge >= 0.3 is 0 Å². The number of aromatic nitrogens is 2. The minimum atomic E-state index is -0.331. The Kier molecular flexibility index (Phi) is 4.96. The van der Waals surface area contributed by atoms with Crippen LogP contribution in [0.3, 0.4) is 0 Å². The van der Waals surface area contributed by atoms with Crippen LogP contribution < -0.4 is 0 Å². The SMILES string of the molecule is Cc1noc2nc(-c3ccc(F)cc3)cc(C(=O)N3CCCC(C4OCCO4)C3)c12. The molecule has 1 amide bonds. The molecule has 30 heavy (non-hydrogen) atoms. The van der Waals surface area contributed by atoms with E-state index in [9.17, 15) is 9.18 Å². The summed E-state index contributed by atoms with van der Waals surface area (Å²) in [5, 5.41) is 4.61. The number of benzene rings is 1. The number of rotatable bonds is 3. The van der Waals surface area contributed by atoms with Crippen LogP contribution in [-0.4, -0.2) is 53.5 Å². The average Bonchev–Trinajstić information content (AvgIpc) is 3.44. The molecule has 2 fully saturated rings. The number of carbonyl (C=O) groups is 1. The topological polar surface area (TPSA) is 77.7 Å². The van der Waals surface area contributed by atoms with Gasteiger partial charge in [0.2, 0.25) is 0 Å². The maximum Gasteiger partial charge on any atom is 0.259 e. The molecule has 0 radical (unpaired) electrons. The van der Waals surface area contributed by atoms with Crippen molar-refractivity contribution in [2.75, 3.05) is 26.3 Å². The van der Waals surface area contributed by atoms with Gasteiger partial charge in [0.25, 0.3) is 11.6 Å². The second kappa shape index (κ2) is 7.77. The van der Waals surface area contributed by atoms with Crippen LogP contribution in [0.25, 0.3) is 22.4 Å². The third-order valence-corrected chi connectivity index (χ3v) is 5.77. The maximum atomic E-state index is 13.5. The fraction of sp³-hybridized carbons (Fsp3) is 0.409. The number of aryl methyl sites for hydroxylation is 1. The van der Waals surface area contributed by atoms with Crippen LogP contribution in [-0.2, 0) is 9.47 Å². The highest BCUT2D eigenvalue weighted by atomic mass is 19.1. The van der Waals surface area contributed by atoms with E-state index >= 15 is 0 Å². The van der Waals surface area contributed by atoms with Gasteiger partial charge in [-0.3, -0.25) is 4.79 Å². The number of nitrogens with zero attached hydrogens (tertiary/aromatic N) is 3. The quantitative estimate of drug-likeness (QED) is 0.656. The van der Waals surface area contributed by atoms with Crippen LogP contribution in [0.1, 0.15) is 28.9 Å². The van der Waals surface area contributed by atoms with E-state index in [1.54, 1.807) is 25.1 Å². The van der Waals surface area contributed by atoms with Crippen LogP contribution in [0.5, 0.6) is 0 Å². The van der Waals surface area contributed by atoms with Crippen molar-refractivity contribution >= 4 is 17.0 Å². The zero-order valence-corrected chi connectivity index (χ0v) is 16.6. The van der Waals surface area contributed by atoms with Crippen LogP contribution in [0.15, 0.2) is 34.9 Å². The standard InChI is InChI=1S/C22H22FN3O4/c1-13-19-17(21(27)26-8-2-3-15(12-26)22-28-9-10-29-22)11-18(24-20(19)30-25-13)14-4-6-16(23)7-5-14/h4-7,11,15,22H,2-3,8-10,12H2,1H3. The molecular weight excluding hydrogens is 389 g/mol. The first-order chi connectivity index (χ1) is 14.6. The van der Waals surface area contributed by atoms with Crippen molar-refractivity contribution in [2.24, 2.45) is 5.92 Å². The number of hydrogen-bond donors (Lipinski definition) is 0. The number of piperidine rings is 1. The Balaban J connectivity index is 1.51. The highest BCUT2D eigenvalue weighted by Crippen LogP contribution is 2.30. The zero-order chi connectivity index (χ0) is 20.7. The first kappa shape index (κ1) is 19.1. The molecule has 0 saturated carbocycles. The third kappa shape index (κ3) is 3.46. The molecule has 2 saturated heterocycles. The minimum Gasteiger partial charge on any atom is -0.350 e. The van der Waals surface area contributed by atoms with Crippen molar-refractivity contribution in [3.05, 3.63) is 47.4 Å². The van der Waals surface area contributed by atoms with Gasteiger partial charge in [-0.05, 0) is 50.1 Å². The molecule has 0 spiro atoms. The summed E-state index contributed by atoms with van der Waals surface area (Å²) in [5.74, 6) is -0.273. The van der Waals surface area contributed by atoms with E-state index in [-0.39, 0.29) is 23.9 Å². The third-order valence-electron chi connectivity index (χ3n) is 5.77. The number of pyridine rings is 1. The van der Waals surface area contributed by atoms with Gasteiger partial charge in [0.15, 0.2) is 6.29 Å². The number of ether oxygens (including phenoxy) is 2. The molecule has 3 aromatic rings. The number of amides is 1. The van der Waals surface area contributed by atoms with E-state index in [0.29, 0.717) is 59.9 Å². The monoisotopic (exact) mass is 411 g/mol. The van der Waals surface area contributed by atoms with Crippen LogP contribution in [0.2, 0.25) is 0 Å². The highest BCUT2D eigenvalue weighted by Gasteiger charge is 2.34. The van der Waals surface area contributed by atoms with Crippen molar-refractivity contribution in [1.29, 1.82) is 0 Å². The van der Waals surface area contributed by atoms with E-state index in [2.05, 4.69) is 10.1 Å². The molecule has 0 aliphatic carbocycles. The molecule has 5 rings (SSSR count). The molecule has 0 bridgehead atoms. The van der Waals surface area contributed by atoms with Gasteiger partial charge in [-0.2, -0.15) is 0 Å². The summed E-state index contributed by atoms with van der Waals surface area (Å²) in [6.45, 7) is 4.23. The average molecular weight is 411 g/mol. The summed E-state index contributed by atoms with van der Waals surface area (Å²) >= 11 is 0. The molecule has 7 nitrogen and oxygen atoms in total. The Hall–Kier alpha value is -2.84. The predicted octanol–water partition coefficient (Wildman–Crippen LogP) is 3.56. The van der Waals surface area contributed by atoms with Crippen LogP contribution in [0, 0.1) is 18.7 Å². The molecular formula is C22H22FN3O4. The van der Waals surface area contributed by atoms with Gasteiger partial charge < -0.3 is 18.9 Å². The first-order valence-electron chi connectivity index (χ1n) is 10.2. The molecule has 1 unspecified atom stereocenters. The van der Waals surface area contributed by atoms with Crippen molar-refractivity contribution in [3.8, 4) is 11.3 Å². The molecule has 2 aliphatic heterocycles. The normalized spacial score (nSPS) is 20.2. The fourth-order valence-corrected chi connectivity index (χ4v) is 4.27. The molecule has 156 valence electrons. The van der Waals surface area contributed by atoms with Crippen LogP contribution in [0.4, 0.5) is 4.39 Å². The van der Waals surface area contributed by atoms with Gasteiger partial charge in [0.05, 0.1) is 35.6 Å². The summed E-state index contributed by atoms with van der Waals surface area (Å²) < 4.78 is 30.0. The van der Waals surface area contributed by atoms with Crippen molar-refractivity contribution in [2.45, 2.75) is 26.1 Å². The van der Waals surface area contributed by atoms with Gasteiger partial charge in [0.1, 0.15) is 5.82 Å². The smallest absolute Gasteiger partial charge is 0.259 e. The molecule has 2 aromatic heterocycles. The van der Waals surface area contributed by atoms with Gasteiger partial charge in [-0.1, -0.05) is 5.16 Å². The summed E-state index contributed by atoms with van der Waals surface area (Å²) in [6.07, 6.45) is 1.61. The summed E-state index contributed by atoms with van der Waals surface area (Å²) in [6, 6.07) is 7.74. The van der Waals surface area contributed by atoms with Crippen molar-refractivity contribution < 1.29 is 23.2 Å². The lowest BCUT2D eigenvalue weighted by Gasteiger charge is -2.34. The lowest BCUT2D eigenvalue weighted by atomic mass is 9.96. The molecule has 0 N–H and O–H groups in total. The minimum absolute atomic E-state index is 0.0974. The Labute approximate surface area is 172 Å². The number of carbonyl (C=O) groups excluding carboxylic acids is 1. The number of likely N-dealkylation sites (tertiary alicyclic amines) is 1. The highest BCUT2D eigenvalue weighted by molar-refractivity contribution is 6.07. The van der Waals surface area contributed by atoms with Gasteiger partial charge in [-0.25, -0.2) is 9.37 Å². The van der Waals surface area contributed by atoms with Gasteiger partial charge in [0, 0.05) is 24.6 Å². The Morgan fingerprint density at radius 1 is 1.20 bits per heavy atom.